The Morgan fingerprint density at radius 3 is 2.76 bits per heavy atom. The molecule has 0 spiro atoms. The second-order valence-electron chi connectivity index (χ2n) is 3.86. The van der Waals surface area contributed by atoms with Gasteiger partial charge in [-0.05, 0) is 18.6 Å². The molecule has 1 aliphatic heterocycles. The molecule has 1 N–H and O–H groups in total. The monoisotopic (exact) mass is 234 g/mol. The second-order valence-corrected chi connectivity index (χ2v) is 3.86. The number of anilines is 1. The van der Waals surface area contributed by atoms with Crippen LogP contribution in [0.2, 0.25) is 0 Å². The van der Waals surface area contributed by atoms with Crippen LogP contribution in [0.3, 0.4) is 0 Å². The molecule has 0 fully saturated rings. The van der Waals surface area contributed by atoms with Crippen molar-refractivity contribution in [1.29, 1.82) is 0 Å². The lowest BCUT2D eigenvalue weighted by molar-refractivity contribution is 0.355. The van der Waals surface area contributed by atoms with Crippen molar-refractivity contribution >= 4 is 5.69 Å². The van der Waals surface area contributed by atoms with Gasteiger partial charge >= 0.3 is 0 Å². The zero-order valence-electron chi connectivity index (χ0n) is 10.3. The Bertz CT molecular complexity index is 404. The Morgan fingerprint density at radius 1 is 1.18 bits per heavy atom. The summed E-state index contributed by atoms with van der Waals surface area (Å²) in [5.74, 6) is 1.52. The van der Waals surface area contributed by atoms with Crippen molar-refractivity contribution in [2.75, 3.05) is 32.2 Å². The molecular weight excluding hydrogens is 216 g/mol. The maximum atomic E-state index is 5.31. The lowest BCUT2D eigenvalue weighted by atomic mass is 10.2. The van der Waals surface area contributed by atoms with Crippen molar-refractivity contribution in [2.24, 2.45) is 0 Å². The number of methoxy groups -OCH3 is 2. The predicted molar refractivity (Wildman–Crippen MR) is 68.7 cm³/mol. The van der Waals surface area contributed by atoms with E-state index in [1.807, 2.05) is 30.6 Å². The average molecular weight is 234 g/mol. The van der Waals surface area contributed by atoms with Crippen molar-refractivity contribution < 1.29 is 9.47 Å². The number of nitrogens with one attached hydrogen (secondary N) is 1. The Balaban J connectivity index is 2.25. The summed E-state index contributed by atoms with van der Waals surface area (Å²) in [5.41, 5.74) is 1.11. The molecule has 0 saturated carbocycles. The van der Waals surface area contributed by atoms with Crippen LogP contribution in [0.5, 0.6) is 11.5 Å². The zero-order valence-corrected chi connectivity index (χ0v) is 10.3. The van der Waals surface area contributed by atoms with Crippen LogP contribution < -0.4 is 19.7 Å². The number of hydrogen-bond acceptors (Lipinski definition) is 4. The summed E-state index contributed by atoms with van der Waals surface area (Å²) in [6, 6.07) is 5.96. The average Bonchev–Trinajstić information content (AvgIpc) is 2.66. The molecule has 4 heteroatoms. The number of rotatable bonds is 3. The van der Waals surface area contributed by atoms with Gasteiger partial charge in [-0.2, -0.15) is 0 Å². The number of hydrogen-bond donors (Lipinski definition) is 1. The van der Waals surface area contributed by atoms with Crippen molar-refractivity contribution in [3.05, 3.63) is 30.6 Å². The highest BCUT2D eigenvalue weighted by atomic mass is 16.5. The topological polar surface area (TPSA) is 33.7 Å². The van der Waals surface area contributed by atoms with Crippen molar-refractivity contribution in [1.82, 2.24) is 5.32 Å². The van der Waals surface area contributed by atoms with Gasteiger partial charge in [0.15, 0.2) is 11.5 Å². The molecular formula is C13H18N2O2. The van der Waals surface area contributed by atoms with Gasteiger partial charge in [0, 0.05) is 37.2 Å². The lowest BCUT2D eigenvalue weighted by Crippen LogP contribution is -2.17. The normalized spacial score (nSPS) is 15.1. The molecule has 0 saturated heterocycles. The molecule has 0 aliphatic carbocycles. The molecule has 92 valence electrons. The van der Waals surface area contributed by atoms with Gasteiger partial charge in [0.1, 0.15) is 0 Å². The van der Waals surface area contributed by atoms with Crippen LogP contribution in [0.15, 0.2) is 30.6 Å². The van der Waals surface area contributed by atoms with E-state index in [0.29, 0.717) is 0 Å². The third kappa shape index (κ3) is 2.64. The molecule has 4 nitrogen and oxygen atoms in total. The smallest absolute Gasteiger partial charge is 0.162 e. The van der Waals surface area contributed by atoms with Crippen LogP contribution in [0, 0.1) is 0 Å². The Kier molecular flexibility index (Phi) is 3.75. The lowest BCUT2D eigenvalue weighted by Gasteiger charge is -2.20. The molecule has 0 bridgehead atoms. The van der Waals surface area contributed by atoms with E-state index in [1.165, 1.54) is 0 Å². The summed E-state index contributed by atoms with van der Waals surface area (Å²) in [7, 11) is 3.30. The molecule has 17 heavy (non-hydrogen) atoms. The molecule has 1 aliphatic rings. The minimum Gasteiger partial charge on any atom is -0.493 e. The first-order valence-electron chi connectivity index (χ1n) is 5.74. The third-order valence-electron chi connectivity index (χ3n) is 2.79. The van der Waals surface area contributed by atoms with Gasteiger partial charge in [0.2, 0.25) is 0 Å². The first-order chi connectivity index (χ1) is 8.35. The molecule has 1 aromatic rings. The summed E-state index contributed by atoms with van der Waals surface area (Å²) in [5, 5.41) is 3.22. The largest absolute Gasteiger partial charge is 0.493 e. The van der Waals surface area contributed by atoms with Gasteiger partial charge in [0.25, 0.3) is 0 Å². The fourth-order valence-corrected chi connectivity index (χ4v) is 1.87. The van der Waals surface area contributed by atoms with E-state index >= 15 is 0 Å². The molecule has 0 aromatic heterocycles. The van der Waals surface area contributed by atoms with Gasteiger partial charge < -0.3 is 19.7 Å². The summed E-state index contributed by atoms with van der Waals surface area (Å²) in [4.78, 5) is 2.20. The van der Waals surface area contributed by atoms with Crippen LogP contribution in [0.4, 0.5) is 5.69 Å². The summed E-state index contributed by atoms with van der Waals surface area (Å²) in [6.07, 6.45) is 5.14. The predicted octanol–water partition coefficient (Wildman–Crippen LogP) is 1.97. The fourth-order valence-electron chi connectivity index (χ4n) is 1.87. The van der Waals surface area contributed by atoms with E-state index in [2.05, 4.69) is 10.2 Å². The molecule has 0 unspecified atom stereocenters. The summed E-state index contributed by atoms with van der Waals surface area (Å²) >= 11 is 0. The Labute approximate surface area is 102 Å². The molecule has 2 rings (SSSR count). The fraction of sp³-hybridized carbons (Fsp3) is 0.385. The first-order valence-corrected chi connectivity index (χ1v) is 5.74. The SMILES string of the molecule is COc1ccc(N2C=CNCCC2)cc1OC. The third-order valence-corrected chi connectivity index (χ3v) is 2.79. The second kappa shape index (κ2) is 5.48. The molecule has 0 amide bonds. The van der Waals surface area contributed by atoms with E-state index in [9.17, 15) is 0 Å². The maximum Gasteiger partial charge on any atom is 0.162 e. The molecule has 1 heterocycles. The molecule has 1 aromatic carbocycles. The van der Waals surface area contributed by atoms with E-state index in [0.717, 1.165) is 36.7 Å². The Morgan fingerprint density at radius 2 is 2.00 bits per heavy atom. The quantitative estimate of drug-likeness (QED) is 0.867. The van der Waals surface area contributed by atoms with Crippen LogP contribution in [0.25, 0.3) is 0 Å². The first kappa shape index (κ1) is 11.6. The maximum absolute atomic E-state index is 5.31. The van der Waals surface area contributed by atoms with Crippen molar-refractivity contribution in [3.63, 3.8) is 0 Å². The highest BCUT2D eigenvalue weighted by Gasteiger charge is 2.09. The van der Waals surface area contributed by atoms with Crippen molar-refractivity contribution in [2.45, 2.75) is 6.42 Å². The Hall–Kier alpha value is -1.84. The van der Waals surface area contributed by atoms with E-state index in [1.54, 1.807) is 14.2 Å². The minimum atomic E-state index is 0.758. The van der Waals surface area contributed by atoms with Crippen LogP contribution in [-0.2, 0) is 0 Å². The highest BCUT2D eigenvalue weighted by molar-refractivity contribution is 5.58. The van der Waals surface area contributed by atoms with Gasteiger partial charge in [-0.25, -0.2) is 0 Å². The highest BCUT2D eigenvalue weighted by Crippen LogP contribution is 2.31. The number of ether oxygens (including phenoxy) is 2. The standard InChI is InChI=1S/C13H18N2O2/c1-16-12-5-4-11(10-13(12)17-2)15-8-3-6-14-7-9-15/h4-5,7,9-10,14H,3,6,8H2,1-2H3. The number of nitrogens with zero attached hydrogens (tertiary/aromatic N) is 1. The van der Waals surface area contributed by atoms with Crippen LogP contribution in [0.1, 0.15) is 6.42 Å². The van der Waals surface area contributed by atoms with E-state index < -0.39 is 0 Å². The van der Waals surface area contributed by atoms with Gasteiger partial charge in [-0.15, -0.1) is 0 Å². The van der Waals surface area contributed by atoms with E-state index in [-0.39, 0.29) is 0 Å². The van der Waals surface area contributed by atoms with E-state index in [4.69, 9.17) is 9.47 Å². The zero-order chi connectivity index (χ0) is 12.1. The van der Waals surface area contributed by atoms with Crippen LogP contribution in [-0.4, -0.2) is 27.3 Å². The van der Waals surface area contributed by atoms with Crippen molar-refractivity contribution in [3.8, 4) is 11.5 Å². The van der Waals surface area contributed by atoms with Gasteiger partial charge in [-0.3, -0.25) is 0 Å². The number of benzene rings is 1. The molecule has 0 radical (unpaired) electrons. The van der Waals surface area contributed by atoms with Gasteiger partial charge in [-0.1, -0.05) is 0 Å². The van der Waals surface area contributed by atoms with Gasteiger partial charge in [0.05, 0.1) is 14.2 Å². The minimum absolute atomic E-state index is 0.758. The summed E-state index contributed by atoms with van der Waals surface area (Å²) in [6.45, 7) is 2.01. The molecule has 0 atom stereocenters. The van der Waals surface area contributed by atoms with Crippen LogP contribution >= 0.6 is 0 Å². The summed E-state index contributed by atoms with van der Waals surface area (Å²) < 4.78 is 10.5.